The molecule has 108 valence electrons. The summed E-state index contributed by atoms with van der Waals surface area (Å²) >= 11 is 7.95. The Kier molecular flexibility index (Phi) is 6.01. The SMILES string of the molecule is O=C(COc1ccc(Cl)cc1I)NN=Cc1ccccc1. The van der Waals surface area contributed by atoms with Crippen molar-refractivity contribution in [1.29, 1.82) is 0 Å². The van der Waals surface area contributed by atoms with E-state index in [1.807, 2.05) is 30.3 Å². The van der Waals surface area contributed by atoms with Crippen molar-refractivity contribution < 1.29 is 9.53 Å². The highest BCUT2D eigenvalue weighted by Crippen LogP contribution is 2.24. The van der Waals surface area contributed by atoms with Crippen LogP contribution in [0, 0.1) is 3.57 Å². The van der Waals surface area contributed by atoms with Gasteiger partial charge in [0.1, 0.15) is 5.75 Å². The Morgan fingerprint density at radius 2 is 2.05 bits per heavy atom. The molecule has 0 radical (unpaired) electrons. The van der Waals surface area contributed by atoms with E-state index in [4.69, 9.17) is 16.3 Å². The summed E-state index contributed by atoms with van der Waals surface area (Å²) in [6, 6.07) is 14.7. The Bertz CT molecular complexity index is 647. The van der Waals surface area contributed by atoms with Gasteiger partial charge in [-0.05, 0) is 46.4 Å². The quantitative estimate of drug-likeness (QED) is 0.463. The zero-order valence-corrected chi connectivity index (χ0v) is 13.8. The molecule has 2 aromatic rings. The van der Waals surface area contributed by atoms with Gasteiger partial charge in [0.15, 0.2) is 6.61 Å². The van der Waals surface area contributed by atoms with E-state index in [0.717, 1.165) is 9.13 Å². The molecule has 4 nitrogen and oxygen atoms in total. The molecule has 0 aliphatic heterocycles. The predicted octanol–water partition coefficient (Wildman–Crippen LogP) is 3.47. The van der Waals surface area contributed by atoms with E-state index in [1.165, 1.54) is 0 Å². The van der Waals surface area contributed by atoms with Gasteiger partial charge in [-0.25, -0.2) is 5.43 Å². The number of rotatable bonds is 5. The molecule has 0 heterocycles. The van der Waals surface area contributed by atoms with Crippen molar-refractivity contribution >= 4 is 46.3 Å². The Balaban J connectivity index is 1.81. The zero-order chi connectivity index (χ0) is 15.1. The highest BCUT2D eigenvalue weighted by Gasteiger charge is 2.05. The molecule has 0 unspecified atom stereocenters. The van der Waals surface area contributed by atoms with Gasteiger partial charge in [0.05, 0.1) is 9.78 Å². The normalized spacial score (nSPS) is 10.6. The molecule has 0 aliphatic carbocycles. The molecule has 0 bridgehead atoms. The standard InChI is InChI=1S/C15H12ClIN2O2/c16-12-6-7-14(13(17)8-12)21-10-15(20)19-18-9-11-4-2-1-3-5-11/h1-9H,10H2,(H,19,20). The van der Waals surface area contributed by atoms with Crippen molar-refractivity contribution in [2.45, 2.75) is 0 Å². The highest BCUT2D eigenvalue weighted by molar-refractivity contribution is 14.1. The predicted molar refractivity (Wildman–Crippen MR) is 91.8 cm³/mol. The molecule has 1 amide bonds. The van der Waals surface area contributed by atoms with Crippen molar-refractivity contribution in [1.82, 2.24) is 5.43 Å². The van der Waals surface area contributed by atoms with E-state index < -0.39 is 0 Å². The van der Waals surface area contributed by atoms with Gasteiger partial charge in [-0.2, -0.15) is 5.10 Å². The van der Waals surface area contributed by atoms with Gasteiger partial charge >= 0.3 is 0 Å². The van der Waals surface area contributed by atoms with Gasteiger partial charge in [-0.3, -0.25) is 4.79 Å². The van der Waals surface area contributed by atoms with Crippen molar-refractivity contribution in [3.63, 3.8) is 0 Å². The molecule has 6 heteroatoms. The van der Waals surface area contributed by atoms with Crippen LogP contribution in [-0.4, -0.2) is 18.7 Å². The molecule has 2 aromatic carbocycles. The lowest BCUT2D eigenvalue weighted by Crippen LogP contribution is -2.24. The molecule has 1 N–H and O–H groups in total. The van der Waals surface area contributed by atoms with E-state index in [9.17, 15) is 4.79 Å². The van der Waals surface area contributed by atoms with Gasteiger partial charge in [-0.15, -0.1) is 0 Å². The minimum atomic E-state index is -0.326. The second-order valence-corrected chi connectivity index (χ2v) is 5.67. The molecule has 0 saturated carbocycles. The lowest BCUT2D eigenvalue weighted by atomic mass is 10.2. The molecule has 0 spiro atoms. The highest BCUT2D eigenvalue weighted by atomic mass is 127. The number of carbonyl (C=O) groups is 1. The first-order valence-corrected chi connectivity index (χ1v) is 7.55. The number of hydrazone groups is 1. The topological polar surface area (TPSA) is 50.7 Å². The summed E-state index contributed by atoms with van der Waals surface area (Å²) in [6.45, 7) is -0.107. The number of hydrogen-bond donors (Lipinski definition) is 1. The smallest absolute Gasteiger partial charge is 0.277 e. The lowest BCUT2D eigenvalue weighted by Gasteiger charge is -2.07. The fourth-order valence-electron chi connectivity index (χ4n) is 1.49. The number of hydrogen-bond acceptors (Lipinski definition) is 3. The Morgan fingerprint density at radius 1 is 1.29 bits per heavy atom. The molecule has 0 saturated heterocycles. The second-order valence-electron chi connectivity index (χ2n) is 4.07. The maximum atomic E-state index is 11.6. The molecule has 0 aliphatic rings. The van der Waals surface area contributed by atoms with Crippen molar-refractivity contribution in [2.24, 2.45) is 5.10 Å². The van der Waals surface area contributed by atoms with Crippen LogP contribution in [0.1, 0.15) is 5.56 Å². The van der Waals surface area contributed by atoms with Gasteiger partial charge in [0, 0.05) is 5.02 Å². The molecule has 0 fully saturated rings. The van der Waals surface area contributed by atoms with Crippen molar-refractivity contribution in [3.05, 3.63) is 62.7 Å². The first-order chi connectivity index (χ1) is 10.1. The zero-order valence-electron chi connectivity index (χ0n) is 10.9. The summed E-state index contributed by atoms with van der Waals surface area (Å²) in [6.07, 6.45) is 1.57. The van der Waals surface area contributed by atoms with Crippen molar-refractivity contribution in [3.8, 4) is 5.75 Å². The fourth-order valence-corrected chi connectivity index (χ4v) is 2.51. The monoisotopic (exact) mass is 414 g/mol. The largest absolute Gasteiger partial charge is 0.483 e. The van der Waals surface area contributed by atoms with Crippen LogP contribution in [0.5, 0.6) is 5.75 Å². The Labute approximate surface area is 141 Å². The van der Waals surface area contributed by atoms with E-state index in [0.29, 0.717) is 10.8 Å². The summed E-state index contributed by atoms with van der Waals surface area (Å²) < 4.78 is 6.25. The third-order valence-electron chi connectivity index (χ3n) is 2.46. The average Bonchev–Trinajstić information content (AvgIpc) is 2.47. The van der Waals surface area contributed by atoms with Gasteiger partial charge in [-0.1, -0.05) is 41.9 Å². The number of amides is 1. The third-order valence-corrected chi connectivity index (χ3v) is 3.53. The van der Waals surface area contributed by atoms with Crippen LogP contribution in [0.4, 0.5) is 0 Å². The first-order valence-electron chi connectivity index (χ1n) is 6.10. The maximum absolute atomic E-state index is 11.6. The molecule has 2 rings (SSSR count). The van der Waals surface area contributed by atoms with Crippen LogP contribution in [0.25, 0.3) is 0 Å². The van der Waals surface area contributed by atoms with Gasteiger partial charge < -0.3 is 4.74 Å². The van der Waals surface area contributed by atoms with Crippen LogP contribution in [0.2, 0.25) is 5.02 Å². The minimum Gasteiger partial charge on any atom is -0.483 e. The van der Waals surface area contributed by atoms with Crippen LogP contribution in [0.3, 0.4) is 0 Å². The summed E-state index contributed by atoms with van der Waals surface area (Å²) in [5.41, 5.74) is 3.32. The van der Waals surface area contributed by atoms with E-state index >= 15 is 0 Å². The van der Waals surface area contributed by atoms with Gasteiger partial charge in [0.2, 0.25) is 0 Å². The van der Waals surface area contributed by atoms with E-state index in [-0.39, 0.29) is 12.5 Å². The fraction of sp³-hybridized carbons (Fsp3) is 0.0667. The molecule has 21 heavy (non-hydrogen) atoms. The lowest BCUT2D eigenvalue weighted by molar-refractivity contribution is -0.123. The summed E-state index contributed by atoms with van der Waals surface area (Å²) in [4.78, 5) is 11.6. The number of ether oxygens (including phenoxy) is 1. The van der Waals surface area contributed by atoms with Crippen molar-refractivity contribution in [2.75, 3.05) is 6.61 Å². The number of nitrogens with zero attached hydrogens (tertiary/aromatic N) is 1. The number of halogens is 2. The van der Waals surface area contributed by atoms with Crippen LogP contribution < -0.4 is 10.2 Å². The molecular formula is C15H12ClIN2O2. The van der Waals surface area contributed by atoms with E-state index in [1.54, 1.807) is 24.4 Å². The third kappa shape index (κ3) is 5.35. The number of benzene rings is 2. The summed E-state index contributed by atoms with van der Waals surface area (Å²) in [7, 11) is 0. The maximum Gasteiger partial charge on any atom is 0.277 e. The number of carbonyl (C=O) groups excluding carboxylic acids is 1. The molecule has 0 aromatic heterocycles. The second kappa shape index (κ2) is 7.99. The first kappa shape index (κ1) is 15.8. The Hall–Kier alpha value is -1.60. The van der Waals surface area contributed by atoms with Crippen LogP contribution >= 0.6 is 34.2 Å². The Morgan fingerprint density at radius 3 is 2.76 bits per heavy atom. The number of nitrogens with one attached hydrogen (secondary N) is 1. The molecular weight excluding hydrogens is 403 g/mol. The summed E-state index contributed by atoms with van der Waals surface area (Å²) in [5.74, 6) is 0.287. The molecule has 0 atom stereocenters. The van der Waals surface area contributed by atoms with E-state index in [2.05, 4.69) is 33.1 Å². The van der Waals surface area contributed by atoms with Gasteiger partial charge in [0.25, 0.3) is 5.91 Å². The van der Waals surface area contributed by atoms with Crippen LogP contribution in [-0.2, 0) is 4.79 Å². The van der Waals surface area contributed by atoms with Crippen LogP contribution in [0.15, 0.2) is 53.6 Å². The average molecular weight is 415 g/mol. The minimum absolute atomic E-state index is 0.107. The summed E-state index contributed by atoms with van der Waals surface area (Å²) in [5, 5.41) is 4.49.